The minimum absolute atomic E-state index is 0. The van der Waals surface area contributed by atoms with Gasteiger partial charge in [-0.15, -0.1) is 0 Å². The molecule has 1 aliphatic rings. The number of nitrogens with one attached hydrogen (secondary N) is 1. The molecule has 1 unspecified atom stereocenters. The summed E-state index contributed by atoms with van der Waals surface area (Å²) in [4.78, 5) is 2.44. The van der Waals surface area contributed by atoms with Crippen LogP contribution in [0, 0.1) is 11.3 Å². The van der Waals surface area contributed by atoms with Crippen LogP contribution < -0.4 is 5.32 Å². The molecule has 0 aromatic heterocycles. The summed E-state index contributed by atoms with van der Waals surface area (Å²) < 4.78 is 0. The maximum atomic E-state index is 9.56. The zero-order valence-electron chi connectivity index (χ0n) is 12.2. The predicted molar refractivity (Wildman–Crippen MR) is 78.5 cm³/mol. The summed E-state index contributed by atoms with van der Waals surface area (Å²) in [5, 5.41) is 13.1. The molecule has 3 heteroatoms. The number of nitrogens with zero attached hydrogens (tertiary/aromatic N) is 2. The highest BCUT2D eigenvalue weighted by atomic mass is 15.3. The third kappa shape index (κ3) is 3.96. The van der Waals surface area contributed by atoms with Crippen LogP contribution >= 0.6 is 0 Å². The summed E-state index contributed by atoms with van der Waals surface area (Å²) >= 11 is 0. The van der Waals surface area contributed by atoms with Crippen LogP contribution in [0.2, 0.25) is 0 Å². The van der Waals surface area contributed by atoms with Crippen molar-refractivity contribution in [1.82, 2.24) is 10.2 Å². The maximum Gasteiger partial charge on any atom is 0.121 e. The number of hydrogen-bond acceptors (Lipinski definition) is 3. The number of hydrogen-bond donors (Lipinski definition) is 1. The largest absolute Gasteiger partial charge is 0.295 e. The average molecular weight is 253 g/mol. The Kier molecular flexibility index (Phi) is 5.40. The number of nitriles is 1. The van der Waals surface area contributed by atoms with Gasteiger partial charge in [0.15, 0.2) is 0 Å². The van der Waals surface area contributed by atoms with Gasteiger partial charge in [-0.05, 0) is 54.0 Å². The molecule has 1 heterocycles. The first-order valence-electron chi connectivity index (χ1n) is 6.60. The van der Waals surface area contributed by atoms with Crippen molar-refractivity contribution in [3.8, 4) is 6.07 Å². The van der Waals surface area contributed by atoms with Gasteiger partial charge in [-0.3, -0.25) is 10.2 Å². The van der Waals surface area contributed by atoms with Crippen molar-refractivity contribution >= 4 is 0 Å². The fourth-order valence-corrected chi connectivity index (χ4v) is 3.00. The summed E-state index contributed by atoms with van der Waals surface area (Å²) in [6.07, 6.45) is 2.04. The van der Waals surface area contributed by atoms with Crippen LogP contribution in [-0.4, -0.2) is 34.6 Å². The van der Waals surface area contributed by atoms with E-state index in [0.29, 0.717) is 0 Å². The molecular formula is C15H31N3. The standard InChI is InChI=1S/C14H27N3.CH4/c1-7-8-17-11-14(10-15,9-13(17,5)6)16-12(2,3)4;/h16H,7-9,11H2,1-6H3;1H4. The first-order chi connectivity index (χ1) is 7.64. The molecule has 18 heavy (non-hydrogen) atoms. The van der Waals surface area contributed by atoms with Crippen LogP contribution in [0.5, 0.6) is 0 Å². The molecule has 1 N–H and O–H groups in total. The van der Waals surface area contributed by atoms with Gasteiger partial charge in [-0.1, -0.05) is 14.4 Å². The fraction of sp³-hybridized carbons (Fsp3) is 0.933. The van der Waals surface area contributed by atoms with E-state index < -0.39 is 5.54 Å². The number of likely N-dealkylation sites (tertiary alicyclic amines) is 1. The quantitative estimate of drug-likeness (QED) is 0.839. The van der Waals surface area contributed by atoms with Crippen LogP contribution in [0.15, 0.2) is 0 Å². The van der Waals surface area contributed by atoms with Crippen LogP contribution in [0.3, 0.4) is 0 Å². The molecule has 0 bridgehead atoms. The van der Waals surface area contributed by atoms with Crippen molar-refractivity contribution < 1.29 is 0 Å². The molecule has 0 aromatic carbocycles. The van der Waals surface area contributed by atoms with E-state index in [4.69, 9.17) is 0 Å². The van der Waals surface area contributed by atoms with Crippen LogP contribution in [0.25, 0.3) is 0 Å². The third-order valence-electron chi connectivity index (χ3n) is 3.37. The molecule has 0 aromatic rings. The molecule has 0 amide bonds. The molecule has 1 saturated heterocycles. The van der Waals surface area contributed by atoms with Crippen molar-refractivity contribution in [3.05, 3.63) is 0 Å². The first kappa shape index (κ1) is 17.4. The Morgan fingerprint density at radius 3 is 2.28 bits per heavy atom. The normalized spacial score (nSPS) is 27.6. The second-order valence-corrected chi connectivity index (χ2v) is 6.98. The maximum absolute atomic E-state index is 9.56. The van der Waals surface area contributed by atoms with Gasteiger partial charge in [0.1, 0.15) is 5.54 Å². The molecular weight excluding hydrogens is 222 g/mol. The first-order valence-corrected chi connectivity index (χ1v) is 6.60. The predicted octanol–water partition coefficient (Wildman–Crippen LogP) is 3.17. The summed E-state index contributed by atoms with van der Waals surface area (Å²) in [5.74, 6) is 0. The van der Waals surface area contributed by atoms with Gasteiger partial charge in [0.05, 0.1) is 6.07 Å². The Hall–Kier alpha value is -0.590. The van der Waals surface area contributed by atoms with Crippen LogP contribution in [-0.2, 0) is 0 Å². The van der Waals surface area contributed by atoms with E-state index in [9.17, 15) is 5.26 Å². The topological polar surface area (TPSA) is 39.1 Å². The highest BCUT2D eigenvalue weighted by molar-refractivity contribution is 5.19. The lowest BCUT2D eigenvalue weighted by molar-refractivity contribution is 0.174. The van der Waals surface area contributed by atoms with Crippen molar-refractivity contribution in [2.24, 2.45) is 0 Å². The van der Waals surface area contributed by atoms with Crippen molar-refractivity contribution in [3.63, 3.8) is 0 Å². The fourth-order valence-electron chi connectivity index (χ4n) is 3.00. The Labute approximate surface area is 114 Å². The van der Waals surface area contributed by atoms with E-state index in [0.717, 1.165) is 25.9 Å². The lowest BCUT2D eigenvalue weighted by Gasteiger charge is -2.32. The van der Waals surface area contributed by atoms with Gasteiger partial charge in [0.2, 0.25) is 0 Å². The van der Waals surface area contributed by atoms with Crippen LogP contribution in [0.4, 0.5) is 0 Å². The lowest BCUT2D eigenvalue weighted by Crippen LogP contribution is -2.54. The average Bonchev–Trinajstić information content (AvgIpc) is 2.36. The third-order valence-corrected chi connectivity index (χ3v) is 3.37. The minimum Gasteiger partial charge on any atom is -0.295 e. The van der Waals surface area contributed by atoms with Crippen molar-refractivity contribution in [2.45, 2.75) is 78.4 Å². The van der Waals surface area contributed by atoms with E-state index in [1.807, 2.05) is 0 Å². The summed E-state index contributed by atoms with van der Waals surface area (Å²) in [7, 11) is 0. The molecule has 1 rings (SSSR count). The molecule has 0 saturated carbocycles. The highest BCUT2D eigenvalue weighted by Crippen LogP contribution is 2.36. The monoisotopic (exact) mass is 253 g/mol. The van der Waals surface area contributed by atoms with E-state index in [-0.39, 0.29) is 18.5 Å². The molecule has 1 atom stereocenters. The van der Waals surface area contributed by atoms with Gasteiger partial charge < -0.3 is 0 Å². The van der Waals surface area contributed by atoms with Gasteiger partial charge in [0, 0.05) is 17.6 Å². The molecule has 106 valence electrons. The Balaban J connectivity index is 0.00000289. The molecule has 0 aliphatic carbocycles. The zero-order chi connectivity index (χ0) is 13.3. The highest BCUT2D eigenvalue weighted by Gasteiger charge is 2.49. The second-order valence-electron chi connectivity index (χ2n) is 6.98. The SMILES string of the molecule is C.CCCN1CC(C#N)(NC(C)(C)C)CC1(C)C. The Morgan fingerprint density at radius 2 is 1.89 bits per heavy atom. The zero-order valence-corrected chi connectivity index (χ0v) is 12.2. The number of rotatable bonds is 3. The van der Waals surface area contributed by atoms with Crippen molar-refractivity contribution in [1.29, 1.82) is 5.26 Å². The molecule has 0 spiro atoms. The van der Waals surface area contributed by atoms with Gasteiger partial charge in [0.25, 0.3) is 0 Å². The van der Waals surface area contributed by atoms with Gasteiger partial charge in [-0.2, -0.15) is 5.26 Å². The Bertz CT molecular complexity index is 309. The molecule has 3 nitrogen and oxygen atoms in total. The van der Waals surface area contributed by atoms with E-state index in [1.54, 1.807) is 0 Å². The smallest absolute Gasteiger partial charge is 0.121 e. The van der Waals surface area contributed by atoms with Gasteiger partial charge in [-0.25, -0.2) is 0 Å². The molecule has 1 aliphatic heterocycles. The second kappa shape index (κ2) is 5.59. The molecule has 0 radical (unpaired) electrons. The lowest BCUT2D eigenvalue weighted by atomic mass is 9.89. The summed E-state index contributed by atoms with van der Waals surface area (Å²) in [5.41, 5.74) is -0.297. The summed E-state index contributed by atoms with van der Waals surface area (Å²) in [6.45, 7) is 15.0. The van der Waals surface area contributed by atoms with Gasteiger partial charge >= 0.3 is 0 Å². The van der Waals surface area contributed by atoms with E-state index in [2.05, 4.69) is 57.8 Å². The van der Waals surface area contributed by atoms with Crippen LogP contribution in [0.1, 0.15) is 61.8 Å². The minimum atomic E-state index is -0.392. The van der Waals surface area contributed by atoms with Crippen molar-refractivity contribution in [2.75, 3.05) is 13.1 Å². The van der Waals surface area contributed by atoms with E-state index in [1.165, 1.54) is 0 Å². The molecule has 1 fully saturated rings. The Morgan fingerprint density at radius 1 is 1.33 bits per heavy atom. The summed E-state index contributed by atoms with van der Waals surface area (Å²) in [6, 6.07) is 2.53. The van der Waals surface area contributed by atoms with E-state index >= 15 is 0 Å².